The first-order valence-electron chi connectivity index (χ1n) is 7.61. The molecule has 0 saturated heterocycles. The molecular weight excluding hydrogens is 324 g/mol. The Hall–Kier alpha value is -2.60. The van der Waals surface area contributed by atoms with Crippen molar-refractivity contribution >= 4 is 26.6 Å². The summed E-state index contributed by atoms with van der Waals surface area (Å²) in [5.74, 6) is 0.684. The van der Waals surface area contributed by atoms with E-state index in [-0.39, 0.29) is 4.90 Å². The van der Waals surface area contributed by atoms with Crippen molar-refractivity contribution in [3.63, 3.8) is 0 Å². The van der Waals surface area contributed by atoms with Crippen LogP contribution in [0.3, 0.4) is 0 Å². The Bertz CT molecular complexity index is 979. The highest BCUT2D eigenvalue weighted by Crippen LogP contribution is 2.26. The van der Waals surface area contributed by atoms with Crippen molar-refractivity contribution in [2.45, 2.75) is 18.7 Å². The summed E-state index contributed by atoms with van der Waals surface area (Å²) in [7, 11) is -3.70. The van der Waals surface area contributed by atoms with E-state index in [4.69, 9.17) is 4.74 Å². The summed E-state index contributed by atoms with van der Waals surface area (Å²) < 4.78 is 33.5. The number of hydrogen-bond acceptors (Lipinski definition) is 4. The maximum atomic E-state index is 12.7. The zero-order chi connectivity index (χ0) is 17.2. The molecule has 2 aromatic carbocycles. The van der Waals surface area contributed by atoms with Gasteiger partial charge in [-0.2, -0.15) is 0 Å². The van der Waals surface area contributed by atoms with Crippen LogP contribution in [0.5, 0.6) is 5.75 Å². The number of rotatable bonds is 5. The largest absolute Gasteiger partial charge is 0.494 e. The van der Waals surface area contributed by atoms with Gasteiger partial charge in [0.05, 0.1) is 22.7 Å². The third kappa shape index (κ3) is 3.19. The van der Waals surface area contributed by atoms with Crippen LogP contribution in [0.15, 0.2) is 59.6 Å². The van der Waals surface area contributed by atoms with Crippen molar-refractivity contribution in [1.82, 2.24) is 4.98 Å². The summed E-state index contributed by atoms with van der Waals surface area (Å²) in [5, 5.41) is 0.876. The lowest BCUT2D eigenvalue weighted by Gasteiger charge is -2.12. The van der Waals surface area contributed by atoms with Crippen molar-refractivity contribution in [1.29, 1.82) is 0 Å². The van der Waals surface area contributed by atoms with Gasteiger partial charge in [0.15, 0.2) is 0 Å². The average Bonchev–Trinajstić information content (AvgIpc) is 2.57. The van der Waals surface area contributed by atoms with Crippen molar-refractivity contribution < 1.29 is 13.2 Å². The van der Waals surface area contributed by atoms with E-state index < -0.39 is 10.0 Å². The lowest BCUT2D eigenvalue weighted by Crippen LogP contribution is -2.13. The van der Waals surface area contributed by atoms with Crippen LogP contribution in [-0.4, -0.2) is 20.0 Å². The summed E-state index contributed by atoms with van der Waals surface area (Å²) in [5.41, 5.74) is 1.85. The number of aryl methyl sites for hydroxylation is 1. The van der Waals surface area contributed by atoms with E-state index in [1.807, 2.05) is 32.0 Å². The third-order valence-electron chi connectivity index (χ3n) is 3.63. The monoisotopic (exact) mass is 342 g/mol. The molecule has 0 saturated carbocycles. The SMILES string of the molecule is CCOc1ccc(S(=O)(=O)Nc2cccc3cccnc23)cc1C. The zero-order valence-corrected chi connectivity index (χ0v) is 14.3. The summed E-state index contributed by atoms with van der Waals surface area (Å²) >= 11 is 0. The van der Waals surface area contributed by atoms with E-state index in [1.165, 1.54) is 0 Å². The van der Waals surface area contributed by atoms with E-state index in [0.29, 0.717) is 23.6 Å². The molecule has 5 nitrogen and oxygen atoms in total. The minimum Gasteiger partial charge on any atom is -0.494 e. The van der Waals surface area contributed by atoms with Gasteiger partial charge in [0.1, 0.15) is 5.75 Å². The molecule has 1 heterocycles. The number of ether oxygens (including phenoxy) is 1. The number of fused-ring (bicyclic) bond motifs is 1. The number of pyridine rings is 1. The summed E-state index contributed by atoms with van der Waals surface area (Å²) in [6.07, 6.45) is 1.64. The highest BCUT2D eigenvalue weighted by Gasteiger charge is 2.17. The summed E-state index contributed by atoms with van der Waals surface area (Å²) in [4.78, 5) is 4.46. The Labute approximate surface area is 141 Å². The molecule has 6 heteroatoms. The molecule has 124 valence electrons. The number of nitrogens with zero attached hydrogens (tertiary/aromatic N) is 1. The molecule has 1 N–H and O–H groups in total. The molecule has 0 amide bonds. The molecule has 0 aliphatic heterocycles. The predicted molar refractivity (Wildman–Crippen MR) is 94.9 cm³/mol. The first-order valence-corrected chi connectivity index (χ1v) is 9.09. The van der Waals surface area contributed by atoms with E-state index in [1.54, 1.807) is 36.5 Å². The minimum atomic E-state index is -3.70. The van der Waals surface area contributed by atoms with Crippen molar-refractivity contribution in [2.75, 3.05) is 11.3 Å². The van der Waals surface area contributed by atoms with Crippen LogP contribution in [-0.2, 0) is 10.0 Å². The number of anilines is 1. The molecule has 0 atom stereocenters. The van der Waals surface area contributed by atoms with Crippen LogP contribution < -0.4 is 9.46 Å². The fourth-order valence-corrected chi connectivity index (χ4v) is 3.65. The molecule has 24 heavy (non-hydrogen) atoms. The van der Waals surface area contributed by atoms with E-state index in [0.717, 1.165) is 10.9 Å². The number of sulfonamides is 1. The average molecular weight is 342 g/mol. The summed E-state index contributed by atoms with van der Waals surface area (Å²) in [6, 6.07) is 13.9. The van der Waals surface area contributed by atoms with Crippen LogP contribution in [0.1, 0.15) is 12.5 Å². The molecule has 3 rings (SSSR count). The fourth-order valence-electron chi connectivity index (χ4n) is 2.50. The second-order valence-corrected chi connectivity index (χ2v) is 7.03. The lowest BCUT2D eigenvalue weighted by atomic mass is 10.2. The first kappa shape index (κ1) is 16.3. The fraction of sp³-hybridized carbons (Fsp3) is 0.167. The molecule has 0 radical (unpaired) electrons. The lowest BCUT2D eigenvalue weighted by molar-refractivity contribution is 0.337. The topological polar surface area (TPSA) is 68.3 Å². The Morgan fingerprint density at radius 2 is 1.92 bits per heavy atom. The molecule has 0 bridgehead atoms. The molecule has 1 aromatic heterocycles. The number of nitrogens with one attached hydrogen (secondary N) is 1. The Morgan fingerprint density at radius 1 is 1.12 bits per heavy atom. The zero-order valence-electron chi connectivity index (χ0n) is 13.5. The normalized spacial score (nSPS) is 11.4. The van der Waals surface area contributed by atoms with E-state index >= 15 is 0 Å². The molecular formula is C18H18N2O3S. The maximum Gasteiger partial charge on any atom is 0.261 e. The maximum absolute atomic E-state index is 12.7. The molecule has 0 aliphatic carbocycles. The van der Waals surface area contributed by atoms with Crippen LogP contribution in [0.2, 0.25) is 0 Å². The van der Waals surface area contributed by atoms with Crippen molar-refractivity contribution in [3.05, 3.63) is 60.3 Å². The second-order valence-electron chi connectivity index (χ2n) is 5.35. The van der Waals surface area contributed by atoms with Crippen LogP contribution in [0.25, 0.3) is 10.9 Å². The number of benzene rings is 2. The van der Waals surface area contributed by atoms with Gasteiger partial charge in [-0.15, -0.1) is 0 Å². The molecule has 0 aliphatic rings. The second kappa shape index (κ2) is 6.49. The molecule has 0 fully saturated rings. The molecule has 3 aromatic rings. The van der Waals surface area contributed by atoms with Crippen LogP contribution in [0, 0.1) is 6.92 Å². The van der Waals surface area contributed by atoms with Gasteiger partial charge >= 0.3 is 0 Å². The van der Waals surface area contributed by atoms with E-state index in [9.17, 15) is 8.42 Å². The van der Waals surface area contributed by atoms with Crippen molar-refractivity contribution in [3.8, 4) is 5.75 Å². The molecule has 0 unspecified atom stereocenters. The standard InChI is InChI=1S/C18H18N2O3S/c1-3-23-17-10-9-15(12-13(17)2)24(21,22)20-16-8-4-6-14-7-5-11-19-18(14)16/h4-12,20H,3H2,1-2H3. The van der Waals surface area contributed by atoms with Gasteiger partial charge in [-0.3, -0.25) is 9.71 Å². The van der Waals surface area contributed by atoms with E-state index in [2.05, 4.69) is 9.71 Å². The molecule has 0 spiro atoms. The number of aromatic nitrogens is 1. The van der Waals surface area contributed by atoms with Gasteiger partial charge in [0, 0.05) is 11.6 Å². The van der Waals surface area contributed by atoms with Crippen LogP contribution in [0.4, 0.5) is 5.69 Å². The van der Waals surface area contributed by atoms with Crippen molar-refractivity contribution in [2.24, 2.45) is 0 Å². The van der Waals surface area contributed by atoms with Gasteiger partial charge in [-0.1, -0.05) is 18.2 Å². The van der Waals surface area contributed by atoms with Gasteiger partial charge in [0.2, 0.25) is 0 Å². The minimum absolute atomic E-state index is 0.191. The van der Waals surface area contributed by atoms with Crippen LogP contribution >= 0.6 is 0 Å². The van der Waals surface area contributed by atoms with Gasteiger partial charge < -0.3 is 4.74 Å². The first-order chi connectivity index (χ1) is 11.5. The third-order valence-corrected chi connectivity index (χ3v) is 5.00. The van der Waals surface area contributed by atoms with Gasteiger partial charge in [-0.05, 0) is 49.7 Å². The van der Waals surface area contributed by atoms with Gasteiger partial charge in [0.25, 0.3) is 10.0 Å². The quantitative estimate of drug-likeness (QED) is 0.767. The Morgan fingerprint density at radius 3 is 2.67 bits per heavy atom. The smallest absolute Gasteiger partial charge is 0.261 e. The number of para-hydroxylation sites is 1. The Balaban J connectivity index is 1.98. The summed E-state index contributed by atoms with van der Waals surface area (Å²) in [6.45, 7) is 4.25. The van der Waals surface area contributed by atoms with Gasteiger partial charge in [-0.25, -0.2) is 8.42 Å². The predicted octanol–water partition coefficient (Wildman–Crippen LogP) is 3.74. The highest BCUT2D eigenvalue weighted by atomic mass is 32.2. The number of hydrogen-bond donors (Lipinski definition) is 1. The highest BCUT2D eigenvalue weighted by molar-refractivity contribution is 7.92. The Kier molecular flexibility index (Phi) is 4.40.